The number of aromatic nitrogens is 2. The molecular weight excluding hydrogens is 456 g/mol. The summed E-state index contributed by atoms with van der Waals surface area (Å²) in [6.45, 7) is 21.9. The second kappa shape index (κ2) is 8.27. The molecule has 0 aromatic carbocycles. The van der Waals surface area contributed by atoms with E-state index in [9.17, 15) is 14.7 Å². The van der Waals surface area contributed by atoms with Crippen LogP contribution in [0.5, 0.6) is 0 Å². The number of ether oxygens (including phenoxy) is 1. The van der Waals surface area contributed by atoms with Crippen molar-refractivity contribution in [3.8, 4) is 0 Å². The Morgan fingerprint density at radius 3 is 2.24 bits per heavy atom. The normalized spacial score (nSPS) is 28.5. The number of nitrogens with zero attached hydrogens (tertiary/aromatic N) is 1. The first-order valence-electron chi connectivity index (χ1n) is 11.9. The van der Waals surface area contributed by atoms with Gasteiger partial charge in [0, 0.05) is 18.2 Å². The fraction of sp³-hybridized carbons (Fsp3) is 0.826. The van der Waals surface area contributed by atoms with Crippen LogP contribution in [0.15, 0.2) is 15.7 Å². The monoisotopic (exact) mass is 498 g/mol. The molecule has 10 heteroatoms. The van der Waals surface area contributed by atoms with Gasteiger partial charge in [-0.1, -0.05) is 41.5 Å². The van der Waals surface area contributed by atoms with Crippen LogP contribution < -0.4 is 11.2 Å². The highest BCUT2D eigenvalue weighted by Gasteiger charge is 2.61. The van der Waals surface area contributed by atoms with E-state index in [0.29, 0.717) is 18.5 Å². The van der Waals surface area contributed by atoms with Gasteiger partial charge in [0.2, 0.25) is 0 Å². The summed E-state index contributed by atoms with van der Waals surface area (Å²) in [5.74, 6) is 0. The van der Waals surface area contributed by atoms with Gasteiger partial charge in [-0.15, -0.1) is 0 Å². The van der Waals surface area contributed by atoms with E-state index in [1.807, 2.05) is 0 Å². The Morgan fingerprint density at radius 2 is 1.70 bits per heavy atom. The number of rotatable bonds is 5. The van der Waals surface area contributed by atoms with Crippen LogP contribution in [0.3, 0.4) is 0 Å². The maximum atomic E-state index is 12.8. The van der Waals surface area contributed by atoms with Gasteiger partial charge in [0.25, 0.3) is 5.56 Å². The first kappa shape index (κ1) is 26.6. The molecule has 3 heterocycles. The minimum atomic E-state index is -2.28. The Labute approximate surface area is 198 Å². The Kier molecular flexibility index (Phi) is 6.65. The summed E-state index contributed by atoms with van der Waals surface area (Å²) in [7, 11) is -4.36. The third kappa shape index (κ3) is 4.62. The lowest BCUT2D eigenvalue weighted by atomic mass is 10.0. The average molecular weight is 499 g/mol. The smallest absolute Gasteiger partial charge is 0.330 e. The van der Waals surface area contributed by atoms with Crippen LogP contribution in [0, 0.1) is 0 Å². The van der Waals surface area contributed by atoms with Crippen molar-refractivity contribution in [2.45, 2.75) is 115 Å². The molecule has 33 heavy (non-hydrogen) atoms. The van der Waals surface area contributed by atoms with Gasteiger partial charge in [-0.2, -0.15) is 0 Å². The molecule has 3 rings (SSSR count). The Morgan fingerprint density at radius 1 is 1.12 bits per heavy atom. The molecule has 0 unspecified atom stereocenters. The van der Waals surface area contributed by atoms with Crippen LogP contribution in [0.1, 0.15) is 53.7 Å². The number of hydrogen-bond acceptors (Lipinski definition) is 6. The zero-order valence-electron chi connectivity index (χ0n) is 21.9. The Hall–Kier alpha value is -1.05. The third-order valence-corrected chi connectivity index (χ3v) is 17.3. The molecule has 0 saturated carbocycles. The van der Waals surface area contributed by atoms with Crippen LogP contribution in [0.25, 0.3) is 0 Å². The number of aromatic amines is 1. The predicted octanol–water partition coefficient (Wildman–Crippen LogP) is 3.31. The lowest BCUT2D eigenvalue weighted by molar-refractivity contribution is -0.143. The van der Waals surface area contributed by atoms with Crippen molar-refractivity contribution in [3.63, 3.8) is 0 Å². The second-order valence-electron chi connectivity index (χ2n) is 12.6. The average Bonchev–Trinajstić information content (AvgIpc) is 3.11. The summed E-state index contributed by atoms with van der Waals surface area (Å²) >= 11 is 0. The van der Waals surface area contributed by atoms with Crippen molar-refractivity contribution in [1.29, 1.82) is 0 Å². The van der Waals surface area contributed by atoms with Crippen LogP contribution >= 0.6 is 0 Å². The topological polar surface area (TPSA) is 103 Å². The highest BCUT2D eigenvalue weighted by atomic mass is 28.4. The van der Waals surface area contributed by atoms with Crippen molar-refractivity contribution in [2.24, 2.45) is 0 Å². The van der Waals surface area contributed by atoms with E-state index >= 15 is 0 Å². The largest absolute Gasteiger partial charge is 0.414 e. The molecule has 188 valence electrons. The quantitative estimate of drug-likeness (QED) is 0.604. The van der Waals surface area contributed by atoms with E-state index in [-0.39, 0.29) is 16.7 Å². The van der Waals surface area contributed by atoms with Crippen LogP contribution in [0.4, 0.5) is 0 Å². The summed E-state index contributed by atoms with van der Waals surface area (Å²) in [5.41, 5.74) is -1.71. The number of hydrogen-bond donors (Lipinski definition) is 2. The van der Waals surface area contributed by atoms with Gasteiger partial charge >= 0.3 is 5.69 Å². The summed E-state index contributed by atoms with van der Waals surface area (Å²) in [6, 6.07) is 1.41. The van der Waals surface area contributed by atoms with Crippen molar-refractivity contribution in [3.05, 3.63) is 32.6 Å². The predicted molar refractivity (Wildman–Crippen MR) is 134 cm³/mol. The van der Waals surface area contributed by atoms with Gasteiger partial charge < -0.3 is 18.7 Å². The van der Waals surface area contributed by atoms with E-state index in [1.54, 1.807) is 0 Å². The van der Waals surface area contributed by atoms with Crippen LogP contribution in [-0.4, -0.2) is 56.2 Å². The maximum absolute atomic E-state index is 12.8. The fourth-order valence-electron chi connectivity index (χ4n) is 4.11. The number of aryl methyl sites for hydroxylation is 1. The minimum Gasteiger partial charge on any atom is -0.414 e. The van der Waals surface area contributed by atoms with Gasteiger partial charge in [0.15, 0.2) is 22.4 Å². The fourth-order valence-corrected chi connectivity index (χ4v) is 6.43. The molecule has 4 atom stereocenters. The lowest BCUT2D eigenvalue weighted by Gasteiger charge is -2.41. The van der Waals surface area contributed by atoms with Crippen LogP contribution in [0.2, 0.25) is 36.3 Å². The SMILES string of the molecule is CC(C)(C)[Si](C)(C)OC[C@H]1O[C@]2(CCc3cc(=O)[nH]c(=O)n32)[C@@H](O)[C@@H]1O[Si](C)(C)C(C)(C)C. The summed E-state index contributed by atoms with van der Waals surface area (Å²) in [6.07, 6.45) is -1.37. The molecule has 2 N–H and O–H groups in total. The molecule has 0 aliphatic carbocycles. The number of aliphatic hydroxyl groups excluding tert-OH is 1. The molecule has 0 radical (unpaired) electrons. The van der Waals surface area contributed by atoms with Crippen molar-refractivity contribution in [1.82, 2.24) is 9.55 Å². The zero-order chi connectivity index (χ0) is 25.2. The standard InChI is InChI=1S/C23H42N2O6Si2/c1-21(2,3)32(7,8)29-14-16-18(31-33(9,10)22(4,5)6)19(27)23(30-16)12-11-15-13-17(26)24-20(28)25(15)23/h13,16,18-19,27H,11-12,14H2,1-10H3,(H,24,26,28)/t16-,18-,19+,23-/m1/s1. The molecule has 2 aliphatic heterocycles. The van der Waals surface area contributed by atoms with Crippen molar-refractivity contribution in [2.75, 3.05) is 6.61 Å². The first-order chi connectivity index (χ1) is 14.8. The van der Waals surface area contributed by atoms with Gasteiger partial charge in [0.1, 0.15) is 18.3 Å². The van der Waals surface area contributed by atoms with E-state index in [4.69, 9.17) is 13.6 Å². The number of aliphatic hydroxyl groups is 1. The molecular formula is C23H42N2O6Si2. The van der Waals surface area contributed by atoms with Gasteiger partial charge in [-0.05, 0) is 42.7 Å². The Bertz CT molecular complexity index is 1000. The summed E-state index contributed by atoms with van der Waals surface area (Å²) < 4.78 is 21.2. The van der Waals surface area contributed by atoms with E-state index in [2.05, 4.69) is 72.7 Å². The molecule has 1 aromatic rings. The molecule has 0 bridgehead atoms. The number of H-pyrrole nitrogens is 1. The summed E-state index contributed by atoms with van der Waals surface area (Å²) in [5, 5.41) is 11.6. The lowest BCUT2D eigenvalue weighted by Crippen LogP contribution is -2.53. The van der Waals surface area contributed by atoms with E-state index < -0.39 is 51.9 Å². The molecule has 1 saturated heterocycles. The van der Waals surface area contributed by atoms with Crippen molar-refractivity contribution >= 4 is 16.6 Å². The molecule has 1 fully saturated rings. The first-order valence-corrected chi connectivity index (χ1v) is 17.7. The number of nitrogens with one attached hydrogen (secondary N) is 1. The van der Waals surface area contributed by atoms with Crippen molar-refractivity contribution < 1.29 is 18.7 Å². The van der Waals surface area contributed by atoms with Gasteiger partial charge in [-0.25, -0.2) is 4.79 Å². The summed E-state index contributed by atoms with van der Waals surface area (Å²) in [4.78, 5) is 27.0. The second-order valence-corrected chi connectivity index (χ2v) is 22.2. The third-order valence-electron chi connectivity index (χ3n) is 8.28. The zero-order valence-corrected chi connectivity index (χ0v) is 23.9. The molecule has 1 aromatic heterocycles. The molecule has 8 nitrogen and oxygen atoms in total. The number of fused-ring (bicyclic) bond motifs is 2. The highest BCUT2D eigenvalue weighted by Crippen LogP contribution is 2.47. The highest BCUT2D eigenvalue weighted by molar-refractivity contribution is 6.74. The van der Waals surface area contributed by atoms with Crippen LogP contribution in [-0.2, 0) is 25.7 Å². The minimum absolute atomic E-state index is 0.0219. The molecule has 1 spiro atoms. The van der Waals surface area contributed by atoms with Gasteiger partial charge in [0.05, 0.1) is 6.61 Å². The maximum Gasteiger partial charge on any atom is 0.330 e. The van der Waals surface area contributed by atoms with E-state index in [0.717, 1.165) is 0 Å². The van der Waals surface area contributed by atoms with E-state index in [1.165, 1.54) is 10.6 Å². The van der Waals surface area contributed by atoms with Gasteiger partial charge in [-0.3, -0.25) is 14.3 Å². The Balaban J connectivity index is 2.01. The molecule has 0 amide bonds. The molecule has 2 aliphatic rings.